The molecule has 9 heteroatoms. The van der Waals surface area contributed by atoms with E-state index in [1.54, 1.807) is 17.0 Å². The Morgan fingerprint density at radius 3 is 3.00 bits per heavy atom. The molecule has 3 aromatic heterocycles. The van der Waals surface area contributed by atoms with Crippen molar-refractivity contribution in [3.05, 3.63) is 44.8 Å². The van der Waals surface area contributed by atoms with E-state index in [0.717, 1.165) is 13.0 Å². The Kier molecular flexibility index (Phi) is 5.44. The maximum Gasteiger partial charge on any atom is 0.358 e. The number of hydrogen-bond donors (Lipinski definition) is 1. The van der Waals surface area contributed by atoms with Gasteiger partial charge < -0.3 is 10.1 Å². The summed E-state index contributed by atoms with van der Waals surface area (Å²) >= 11 is 2.72. The van der Waals surface area contributed by atoms with E-state index in [0.29, 0.717) is 21.7 Å². The number of aromatic nitrogens is 3. The zero-order valence-electron chi connectivity index (χ0n) is 13.9. The zero-order chi connectivity index (χ0) is 17.8. The lowest BCUT2D eigenvalue weighted by atomic mass is 10.1. The maximum absolute atomic E-state index is 12.1. The number of carbonyl (C=O) groups is 1. The summed E-state index contributed by atoms with van der Waals surface area (Å²) in [6.07, 6.45) is 2.69. The largest absolute Gasteiger partial charge is 0.454 e. The Hall–Kier alpha value is -2.26. The van der Waals surface area contributed by atoms with E-state index in [1.165, 1.54) is 33.1 Å². The summed E-state index contributed by atoms with van der Waals surface area (Å²) in [5.41, 5.74) is 0.486. The number of ether oxygens (including phenoxy) is 1. The molecule has 25 heavy (non-hydrogen) atoms. The Balaban J connectivity index is 1.58. The highest BCUT2D eigenvalue weighted by Crippen LogP contribution is 2.17. The second kappa shape index (κ2) is 7.75. The second-order valence-corrected chi connectivity index (χ2v) is 7.60. The van der Waals surface area contributed by atoms with E-state index in [4.69, 9.17) is 4.74 Å². The van der Waals surface area contributed by atoms with E-state index in [-0.39, 0.29) is 17.9 Å². The molecule has 0 spiro atoms. The van der Waals surface area contributed by atoms with Crippen LogP contribution in [-0.2, 0) is 11.3 Å². The smallest absolute Gasteiger partial charge is 0.358 e. The number of esters is 1. The van der Waals surface area contributed by atoms with Crippen molar-refractivity contribution in [3.63, 3.8) is 0 Å². The molecule has 3 aromatic rings. The van der Waals surface area contributed by atoms with Gasteiger partial charge in [-0.3, -0.25) is 9.20 Å². The average Bonchev–Trinajstić information content (AvgIpc) is 3.21. The number of carbonyl (C=O) groups excluding carboxylic acids is 1. The fraction of sp³-hybridized carbons (Fsp3) is 0.375. The molecule has 0 radical (unpaired) electrons. The number of anilines is 1. The molecule has 0 amide bonds. The van der Waals surface area contributed by atoms with Crippen LogP contribution in [0.2, 0.25) is 0 Å². The molecule has 0 aliphatic rings. The van der Waals surface area contributed by atoms with E-state index < -0.39 is 5.97 Å². The number of hydrogen-bond acceptors (Lipinski definition) is 8. The van der Waals surface area contributed by atoms with Crippen molar-refractivity contribution in [2.45, 2.75) is 26.9 Å². The minimum atomic E-state index is -0.527. The van der Waals surface area contributed by atoms with Crippen LogP contribution in [0.15, 0.2) is 27.8 Å². The third-order valence-electron chi connectivity index (χ3n) is 3.42. The van der Waals surface area contributed by atoms with Gasteiger partial charge in [0.05, 0.1) is 5.69 Å². The summed E-state index contributed by atoms with van der Waals surface area (Å²) in [6, 6.07) is 1.37. The monoisotopic (exact) mass is 378 g/mol. The second-order valence-electron chi connectivity index (χ2n) is 5.86. The highest BCUT2D eigenvalue weighted by atomic mass is 32.1. The average molecular weight is 378 g/mol. The van der Waals surface area contributed by atoms with Gasteiger partial charge in [-0.1, -0.05) is 13.8 Å². The first-order chi connectivity index (χ1) is 12.0. The van der Waals surface area contributed by atoms with Gasteiger partial charge >= 0.3 is 5.97 Å². The normalized spacial score (nSPS) is 11.2. The molecule has 3 rings (SSSR count). The third-order valence-corrected chi connectivity index (χ3v) is 4.98. The van der Waals surface area contributed by atoms with Crippen LogP contribution >= 0.6 is 22.7 Å². The summed E-state index contributed by atoms with van der Waals surface area (Å²) in [6.45, 7) is 5.06. The number of fused-ring (bicyclic) bond motifs is 1. The van der Waals surface area contributed by atoms with Gasteiger partial charge in [-0.25, -0.2) is 14.8 Å². The molecule has 0 atom stereocenters. The first kappa shape index (κ1) is 17.6. The predicted octanol–water partition coefficient (Wildman–Crippen LogP) is 3.03. The van der Waals surface area contributed by atoms with Crippen molar-refractivity contribution >= 4 is 38.7 Å². The zero-order valence-corrected chi connectivity index (χ0v) is 15.5. The molecule has 1 N–H and O–H groups in total. The van der Waals surface area contributed by atoms with Gasteiger partial charge in [-0.2, -0.15) is 0 Å². The molecule has 0 fully saturated rings. The summed E-state index contributed by atoms with van der Waals surface area (Å²) < 4.78 is 6.67. The lowest BCUT2D eigenvalue weighted by Crippen LogP contribution is -2.14. The molecule has 0 aliphatic heterocycles. The summed E-state index contributed by atoms with van der Waals surface area (Å²) in [7, 11) is 0. The van der Waals surface area contributed by atoms with Crippen molar-refractivity contribution in [2.75, 3.05) is 11.9 Å². The minimum absolute atomic E-state index is 0.0594. The summed E-state index contributed by atoms with van der Waals surface area (Å²) in [4.78, 5) is 33.1. The van der Waals surface area contributed by atoms with Gasteiger partial charge in [0.15, 0.2) is 15.8 Å². The molecular weight excluding hydrogens is 360 g/mol. The van der Waals surface area contributed by atoms with Gasteiger partial charge in [0.2, 0.25) is 0 Å². The lowest BCUT2D eigenvalue weighted by Gasteiger charge is -2.05. The van der Waals surface area contributed by atoms with Gasteiger partial charge in [-0.15, -0.1) is 22.7 Å². The van der Waals surface area contributed by atoms with E-state index >= 15 is 0 Å². The number of rotatable bonds is 7. The Morgan fingerprint density at radius 2 is 2.20 bits per heavy atom. The van der Waals surface area contributed by atoms with Crippen molar-refractivity contribution in [1.82, 2.24) is 14.4 Å². The molecule has 0 bridgehead atoms. The molecule has 0 aliphatic carbocycles. The number of nitrogens with zero attached hydrogens (tertiary/aromatic N) is 3. The van der Waals surface area contributed by atoms with Crippen LogP contribution in [0, 0.1) is 5.92 Å². The van der Waals surface area contributed by atoms with Crippen molar-refractivity contribution < 1.29 is 9.53 Å². The van der Waals surface area contributed by atoms with Gasteiger partial charge in [0, 0.05) is 29.6 Å². The van der Waals surface area contributed by atoms with E-state index in [9.17, 15) is 9.59 Å². The van der Waals surface area contributed by atoms with E-state index in [2.05, 4.69) is 29.1 Å². The molecule has 0 saturated heterocycles. The topological polar surface area (TPSA) is 85.6 Å². The quantitative estimate of drug-likeness (QED) is 0.636. The first-order valence-electron chi connectivity index (χ1n) is 7.85. The lowest BCUT2D eigenvalue weighted by molar-refractivity contribution is 0.0462. The fourth-order valence-electron chi connectivity index (χ4n) is 2.09. The summed E-state index contributed by atoms with van der Waals surface area (Å²) in [5.74, 6) is 0.0792. The van der Waals surface area contributed by atoms with Gasteiger partial charge in [-0.05, 0) is 12.3 Å². The first-order valence-corrected chi connectivity index (χ1v) is 9.61. The molecule has 0 saturated carbocycles. The minimum Gasteiger partial charge on any atom is -0.454 e. The van der Waals surface area contributed by atoms with E-state index in [1.807, 2.05) is 0 Å². The molecule has 132 valence electrons. The number of nitrogens with one attached hydrogen (secondary N) is 1. The maximum atomic E-state index is 12.1. The molecule has 0 unspecified atom stereocenters. The Labute approximate surface area is 152 Å². The molecule has 3 heterocycles. The third kappa shape index (κ3) is 4.43. The van der Waals surface area contributed by atoms with Crippen LogP contribution in [0.25, 0.3) is 4.96 Å². The highest BCUT2D eigenvalue weighted by Gasteiger charge is 2.13. The standard InChI is InChI=1S/C16H18N4O3S2/c1-10(2)3-4-17-15-19-12(9-25-15)14(22)23-8-11-7-13(21)20-5-6-24-16(20)18-11/h5-7,9-10H,3-4,8H2,1-2H3,(H,17,19). The van der Waals surface area contributed by atoms with Crippen LogP contribution in [0.5, 0.6) is 0 Å². The van der Waals surface area contributed by atoms with Crippen LogP contribution in [0.1, 0.15) is 36.5 Å². The predicted molar refractivity (Wildman–Crippen MR) is 98.5 cm³/mol. The van der Waals surface area contributed by atoms with Crippen molar-refractivity contribution in [2.24, 2.45) is 5.92 Å². The van der Waals surface area contributed by atoms with Gasteiger partial charge in [0.1, 0.15) is 6.61 Å². The Morgan fingerprint density at radius 1 is 1.36 bits per heavy atom. The van der Waals surface area contributed by atoms with Crippen molar-refractivity contribution in [1.29, 1.82) is 0 Å². The van der Waals surface area contributed by atoms with Crippen molar-refractivity contribution in [3.8, 4) is 0 Å². The highest BCUT2D eigenvalue weighted by molar-refractivity contribution is 7.15. The van der Waals surface area contributed by atoms with Crippen LogP contribution in [0.4, 0.5) is 5.13 Å². The Bertz CT molecular complexity index is 929. The van der Waals surface area contributed by atoms with Crippen LogP contribution < -0.4 is 10.9 Å². The molecular formula is C16H18N4O3S2. The SMILES string of the molecule is CC(C)CCNc1nc(C(=O)OCc2cc(=O)n3ccsc3n2)cs1. The molecule has 0 aromatic carbocycles. The van der Waals surface area contributed by atoms with Gasteiger partial charge in [0.25, 0.3) is 5.56 Å². The van der Waals surface area contributed by atoms with Crippen LogP contribution in [-0.4, -0.2) is 26.9 Å². The number of thiazole rings is 2. The fourth-order valence-corrected chi connectivity index (χ4v) is 3.54. The van der Waals surface area contributed by atoms with Crippen LogP contribution in [0.3, 0.4) is 0 Å². The summed E-state index contributed by atoms with van der Waals surface area (Å²) in [5, 5.41) is 7.33. The molecule has 7 nitrogen and oxygen atoms in total.